The molecule has 0 aromatic heterocycles. The summed E-state index contributed by atoms with van der Waals surface area (Å²) in [6.07, 6.45) is 0.966. The van der Waals surface area contributed by atoms with Crippen LogP contribution < -0.4 is 0 Å². The van der Waals surface area contributed by atoms with Crippen molar-refractivity contribution in [3.63, 3.8) is 0 Å². The van der Waals surface area contributed by atoms with Gasteiger partial charge in [0.05, 0.1) is 0 Å². The lowest BCUT2D eigenvalue weighted by Gasteiger charge is -2.22. The van der Waals surface area contributed by atoms with Crippen LogP contribution in [0.4, 0.5) is 0 Å². The minimum atomic E-state index is 0.0594. The highest BCUT2D eigenvalue weighted by Gasteiger charge is 2.35. The molecule has 1 aliphatic carbocycles. The fraction of sp³-hybridized carbons (Fsp3) is 0.172. The Morgan fingerprint density at radius 2 is 1.17 bits per heavy atom. The Labute approximate surface area is 173 Å². The van der Waals surface area contributed by atoms with Gasteiger partial charge in [-0.15, -0.1) is 0 Å². The number of rotatable bonds is 3. The second-order valence-electron chi connectivity index (χ2n) is 8.79. The summed E-state index contributed by atoms with van der Waals surface area (Å²) >= 11 is 0. The van der Waals surface area contributed by atoms with Gasteiger partial charge in [0.2, 0.25) is 0 Å². The SMILES string of the molecule is Cc1ccc2c(c1)C(C)(C)c1cc(Cc3ccc(-c4ccccc4)cc3)ccc1-2. The molecule has 5 rings (SSSR count). The lowest BCUT2D eigenvalue weighted by atomic mass is 9.81. The van der Waals surface area contributed by atoms with E-state index in [-0.39, 0.29) is 5.41 Å². The maximum Gasteiger partial charge on any atom is 0.0159 e. The van der Waals surface area contributed by atoms with E-state index in [1.807, 2.05) is 0 Å². The first-order valence-corrected chi connectivity index (χ1v) is 10.4. The predicted molar refractivity (Wildman–Crippen MR) is 123 cm³/mol. The highest BCUT2D eigenvalue weighted by Crippen LogP contribution is 2.49. The summed E-state index contributed by atoms with van der Waals surface area (Å²) in [6.45, 7) is 6.90. The van der Waals surface area contributed by atoms with Crippen molar-refractivity contribution >= 4 is 0 Å². The summed E-state index contributed by atoms with van der Waals surface area (Å²) in [6, 6.07) is 33.5. The summed E-state index contributed by atoms with van der Waals surface area (Å²) in [5.41, 5.74) is 12.4. The van der Waals surface area contributed by atoms with Gasteiger partial charge in [0.1, 0.15) is 0 Å². The summed E-state index contributed by atoms with van der Waals surface area (Å²) in [5, 5.41) is 0. The van der Waals surface area contributed by atoms with Gasteiger partial charge in [0, 0.05) is 5.41 Å². The third-order valence-corrected chi connectivity index (χ3v) is 6.37. The van der Waals surface area contributed by atoms with Gasteiger partial charge >= 0.3 is 0 Å². The largest absolute Gasteiger partial charge is 0.0622 e. The summed E-state index contributed by atoms with van der Waals surface area (Å²) in [4.78, 5) is 0. The van der Waals surface area contributed by atoms with E-state index in [1.54, 1.807) is 0 Å². The fourth-order valence-corrected chi connectivity index (χ4v) is 4.69. The van der Waals surface area contributed by atoms with Crippen LogP contribution in [0.15, 0.2) is 91.0 Å². The number of benzene rings is 4. The zero-order valence-corrected chi connectivity index (χ0v) is 17.4. The van der Waals surface area contributed by atoms with Crippen molar-refractivity contribution in [1.82, 2.24) is 0 Å². The molecular weight excluding hydrogens is 348 g/mol. The van der Waals surface area contributed by atoms with Crippen molar-refractivity contribution in [2.24, 2.45) is 0 Å². The molecule has 0 aliphatic heterocycles. The minimum Gasteiger partial charge on any atom is -0.0622 e. The van der Waals surface area contributed by atoms with Crippen molar-refractivity contribution in [2.75, 3.05) is 0 Å². The van der Waals surface area contributed by atoms with Gasteiger partial charge < -0.3 is 0 Å². The van der Waals surface area contributed by atoms with Crippen LogP contribution >= 0.6 is 0 Å². The summed E-state index contributed by atoms with van der Waals surface area (Å²) in [7, 11) is 0. The molecule has 4 aromatic carbocycles. The molecule has 0 radical (unpaired) electrons. The molecule has 0 saturated heterocycles. The molecule has 0 heteroatoms. The van der Waals surface area contributed by atoms with Crippen LogP contribution in [0.2, 0.25) is 0 Å². The molecule has 0 atom stereocenters. The van der Waals surface area contributed by atoms with Gasteiger partial charge in [-0.05, 0) is 57.9 Å². The zero-order chi connectivity index (χ0) is 20.0. The van der Waals surface area contributed by atoms with E-state index < -0.39 is 0 Å². The molecule has 0 saturated carbocycles. The molecule has 4 aromatic rings. The first-order valence-electron chi connectivity index (χ1n) is 10.4. The quantitative estimate of drug-likeness (QED) is 0.347. The smallest absolute Gasteiger partial charge is 0.0159 e. The Morgan fingerprint density at radius 1 is 0.586 bits per heavy atom. The van der Waals surface area contributed by atoms with Crippen molar-refractivity contribution in [3.05, 3.63) is 119 Å². The average molecular weight is 375 g/mol. The molecule has 0 unspecified atom stereocenters. The van der Waals surface area contributed by atoms with E-state index in [0.29, 0.717) is 0 Å². The molecule has 0 N–H and O–H groups in total. The van der Waals surface area contributed by atoms with Crippen molar-refractivity contribution in [2.45, 2.75) is 32.6 Å². The third kappa shape index (κ3) is 3.09. The Balaban J connectivity index is 1.45. The maximum atomic E-state index is 2.43. The molecule has 1 aliphatic rings. The molecule has 29 heavy (non-hydrogen) atoms. The van der Waals surface area contributed by atoms with E-state index in [0.717, 1.165) is 6.42 Å². The normalized spacial score (nSPS) is 13.8. The highest BCUT2D eigenvalue weighted by atomic mass is 14.4. The lowest BCUT2D eigenvalue weighted by molar-refractivity contribution is 0.659. The van der Waals surface area contributed by atoms with E-state index in [4.69, 9.17) is 0 Å². The van der Waals surface area contributed by atoms with E-state index in [1.165, 1.54) is 50.1 Å². The van der Waals surface area contributed by atoms with Crippen LogP contribution in [-0.2, 0) is 11.8 Å². The second kappa shape index (κ2) is 6.74. The number of fused-ring (bicyclic) bond motifs is 3. The van der Waals surface area contributed by atoms with Crippen molar-refractivity contribution < 1.29 is 0 Å². The van der Waals surface area contributed by atoms with Gasteiger partial charge in [-0.1, -0.05) is 110 Å². The predicted octanol–water partition coefficient (Wildman–Crippen LogP) is 7.56. The number of aryl methyl sites for hydroxylation is 1. The Morgan fingerprint density at radius 3 is 1.90 bits per heavy atom. The highest BCUT2D eigenvalue weighted by molar-refractivity contribution is 5.81. The number of hydrogen-bond acceptors (Lipinski definition) is 0. The summed E-state index contributed by atoms with van der Waals surface area (Å²) in [5.74, 6) is 0. The first-order chi connectivity index (χ1) is 14.0. The number of hydrogen-bond donors (Lipinski definition) is 0. The molecule has 0 bridgehead atoms. The average Bonchev–Trinajstić information content (AvgIpc) is 2.96. The van der Waals surface area contributed by atoms with Crippen molar-refractivity contribution in [1.29, 1.82) is 0 Å². The van der Waals surface area contributed by atoms with Gasteiger partial charge in [-0.25, -0.2) is 0 Å². The third-order valence-electron chi connectivity index (χ3n) is 6.37. The molecule has 0 nitrogen and oxygen atoms in total. The minimum absolute atomic E-state index is 0.0594. The molecule has 0 spiro atoms. The monoisotopic (exact) mass is 374 g/mol. The zero-order valence-electron chi connectivity index (χ0n) is 17.4. The van der Waals surface area contributed by atoms with E-state index >= 15 is 0 Å². The summed E-state index contributed by atoms with van der Waals surface area (Å²) < 4.78 is 0. The first kappa shape index (κ1) is 17.9. The molecule has 142 valence electrons. The van der Waals surface area contributed by atoms with Crippen LogP contribution in [0.5, 0.6) is 0 Å². The Bertz CT molecular complexity index is 1180. The van der Waals surface area contributed by atoms with Gasteiger partial charge in [0.15, 0.2) is 0 Å². The van der Waals surface area contributed by atoms with Crippen LogP contribution in [0.3, 0.4) is 0 Å². The van der Waals surface area contributed by atoms with Crippen molar-refractivity contribution in [3.8, 4) is 22.3 Å². The van der Waals surface area contributed by atoms with Crippen LogP contribution in [0.1, 0.15) is 41.7 Å². The molecule has 0 fully saturated rings. The van der Waals surface area contributed by atoms with Gasteiger partial charge in [-0.3, -0.25) is 0 Å². The topological polar surface area (TPSA) is 0 Å². The van der Waals surface area contributed by atoms with E-state index in [2.05, 4.69) is 112 Å². The Hall–Kier alpha value is -3.12. The fourth-order valence-electron chi connectivity index (χ4n) is 4.69. The van der Waals surface area contributed by atoms with Crippen LogP contribution in [0, 0.1) is 6.92 Å². The molecule has 0 heterocycles. The Kier molecular flexibility index (Phi) is 4.17. The van der Waals surface area contributed by atoms with E-state index in [9.17, 15) is 0 Å². The second-order valence-corrected chi connectivity index (χ2v) is 8.79. The standard InChI is InChI=1S/C29H26/c1-20-9-15-25-26-16-12-22(19-28(26)29(2,3)27(25)17-20)18-21-10-13-24(14-11-21)23-7-5-4-6-8-23/h4-17,19H,18H2,1-3H3. The molecular formula is C29H26. The van der Waals surface area contributed by atoms with Gasteiger partial charge in [0.25, 0.3) is 0 Å². The van der Waals surface area contributed by atoms with Crippen LogP contribution in [0.25, 0.3) is 22.3 Å². The van der Waals surface area contributed by atoms with Crippen LogP contribution in [-0.4, -0.2) is 0 Å². The molecule has 0 amide bonds. The lowest BCUT2D eigenvalue weighted by Crippen LogP contribution is -2.15. The maximum absolute atomic E-state index is 2.43. The van der Waals surface area contributed by atoms with Gasteiger partial charge in [-0.2, -0.15) is 0 Å².